The number of allylic oxidation sites excluding steroid dienone is 2. The van der Waals surface area contributed by atoms with E-state index < -0.39 is 0 Å². The number of carbonyl (C=O) groups is 2. The van der Waals surface area contributed by atoms with Gasteiger partial charge in [-0.2, -0.15) is 0 Å². The summed E-state index contributed by atoms with van der Waals surface area (Å²) in [6, 6.07) is 10.6. The number of ketones is 2. The van der Waals surface area contributed by atoms with Crippen LogP contribution in [0.3, 0.4) is 0 Å². The maximum atomic E-state index is 12.2. The molecule has 170 valence electrons. The fraction of sp³-hybridized carbons (Fsp3) is 0.280. The standard InChI is InChI=1S/C25H29NO6/c1-4-31-22-11-7-18(24(16-22)29-2)5-9-20(27)15-21(28)10-6-19-8-12-23(32-14-13-26)17-25(19)30-3/h5-12,16-17H,4,13-15,26H2,1-3H3/b9-5+,10-6+. The summed E-state index contributed by atoms with van der Waals surface area (Å²) < 4.78 is 21.6. The minimum atomic E-state index is -0.316. The lowest BCUT2D eigenvalue weighted by molar-refractivity contribution is -0.121. The molecule has 2 rings (SSSR count). The van der Waals surface area contributed by atoms with Crippen molar-refractivity contribution in [2.24, 2.45) is 5.73 Å². The monoisotopic (exact) mass is 439 g/mol. The first-order valence-corrected chi connectivity index (χ1v) is 10.2. The van der Waals surface area contributed by atoms with E-state index in [1.54, 1.807) is 55.7 Å². The third-order valence-electron chi connectivity index (χ3n) is 4.35. The first-order chi connectivity index (χ1) is 15.5. The Bertz CT molecular complexity index is 980. The zero-order valence-electron chi connectivity index (χ0n) is 18.6. The van der Waals surface area contributed by atoms with Gasteiger partial charge in [0.2, 0.25) is 0 Å². The highest BCUT2D eigenvalue weighted by molar-refractivity contribution is 6.11. The number of methoxy groups -OCH3 is 2. The van der Waals surface area contributed by atoms with E-state index in [1.807, 2.05) is 6.92 Å². The van der Waals surface area contributed by atoms with Crippen molar-refractivity contribution in [1.82, 2.24) is 0 Å². The molecule has 0 atom stereocenters. The average molecular weight is 440 g/mol. The zero-order chi connectivity index (χ0) is 23.3. The summed E-state index contributed by atoms with van der Waals surface area (Å²) >= 11 is 0. The number of ether oxygens (including phenoxy) is 4. The number of nitrogens with two attached hydrogens (primary N) is 1. The molecule has 0 fully saturated rings. The lowest BCUT2D eigenvalue weighted by atomic mass is 10.1. The van der Waals surface area contributed by atoms with Crippen molar-refractivity contribution < 1.29 is 28.5 Å². The molecule has 32 heavy (non-hydrogen) atoms. The molecule has 0 aromatic heterocycles. The highest BCUT2D eigenvalue weighted by atomic mass is 16.5. The molecule has 0 heterocycles. The highest BCUT2D eigenvalue weighted by Crippen LogP contribution is 2.27. The molecule has 0 aliphatic carbocycles. The molecule has 0 spiro atoms. The van der Waals surface area contributed by atoms with E-state index in [-0.39, 0.29) is 18.0 Å². The number of hydrogen-bond donors (Lipinski definition) is 1. The van der Waals surface area contributed by atoms with Gasteiger partial charge in [-0.05, 0) is 55.5 Å². The van der Waals surface area contributed by atoms with Crippen LogP contribution in [0.25, 0.3) is 12.2 Å². The molecule has 2 aromatic carbocycles. The van der Waals surface area contributed by atoms with Crippen molar-refractivity contribution >= 4 is 23.7 Å². The Morgan fingerprint density at radius 1 is 0.844 bits per heavy atom. The van der Waals surface area contributed by atoms with Gasteiger partial charge in [0, 0.05) is 29.8 Å². The molecular formula is C25H29NO6. The van der Waals surface area contributed by atoms with Crippen molar-refractivity contribution in [3.63, 3.8) is 0 Å². The minimum absolute atomic E-state index is 0.244. The van der Waals surface area contributed by atoms with Gasteiger partial charge >= 0.3 is 0 Å². The van der Waals surface area contributed by atoms with E-state index in [4.69, 9.17) is 24.7 Å². The number of rotatable bonds is 13. The van der Waals surface area contributed by atoms with Crippen LogP contribution < -0.4 is 24.7 Å². The molecule has 0 saturated carbocycles. The molecule has 0 aliphatic rings. The first kappa shape index (κ1) is 24.7. The summed E-state index contributed by atoms with van der Waals surface area (Å²) in [7, 11) is 3.08. The van der Waals surface area contributed by atoms with Crippen LogP contribution in [0.1, 0.15) is 24.5 Å². The Hall–Kier alpha value is -3.58. The van der Waals surface area contributed by atoms with E-state index >= 15 is 0 Å². The second kappa shape index (κ2) is 13.0. The van der Waals surface area contributed by atoms with Crippen LogP contribution in [0.2, 0.25) is 0 Å². The van der Waals surface area contributed by atoms with Gasteiger partial charge in [0.05, 0.1) is 27.2 Å². The van der Waals surface area contributed by atoms with Gasteiger partial charge < -0.3 is 24.7 Å². The van der Waals surface area contributed by atoms with Gasteiger partial charge in [-0.3, -0.25) is 9.59 Å². The molecule has 7 heteroatoms. The van der Waals surface area contributed by atoms with Crippen LogP contribution in [0.15, 0.2) is 48.6 Å². The van der Waals surface area contributed by atoms with Crippen molar-refractivity contribution in [3.8, 4) is 23.0 Å². The molecule has 0 unspecified atom stereocenters. The predicted octanol–water partition coefficient (Wildman–Crippen LogP) is 3.69. The Balaban J connectivity index is 1.99. The quantitative estimate of drug-likeness (QED) is 0.375. The Labute approximate surface area is 188 Å². The van der Waals surface area contributed by atoms with Gasteiger partial charge in [-0.15, -0.1) is 0 Å². The minimum Gasteiger partial charge on any atom is -0.496 e. The molecule has 2 N–H and O–H groups in total. The molecule has 0 saturated heterocycles. The maximum absolute atomic E-state index is 12.2. The van der Waals surface area contributed by atoms with E-state index in [9.17, 15) is 9.59 Å². The Morgan fingerprint density at radius 2 is 1.34 bits per heavy atom. The molecule has 0 aliphatic heterocycles. The summed E-state index contributed by atoms with van der Waals surface area (Å²) in [6.45, 7) is 3.25. The van der Waals surface area contributed by atoms with Crippen molar-refractivity contribution in [2.45, 2.75) is 13.3 Å². The zero-order valence-corrected chi connectivity index (χ0v) is 18.6. The van der Waals surface area contributed by atoms with E-state index in [0.717, 1.165) is 0 Å². The first-order valence-electron chi connectivity index (χ1n) is 10.2. The van der Waals surface area contributed by atoms with Crippen molar-refractivity contribution in [3.05, 3.63) is 59.7 Å². The van der Waals surface area contributed by atoms with Gasteiger partial charge in [0.1, 0.15) is 29.6 Å². The van der Waals surface area contributed by atoms with E-state index in [1.165, 1.54) is 19.3 Å². The molecule has 2 aromatic rings. The van der Waals surface area contributed by atoms with Crippen LogP contribution in [0.4, 0.5) is 0 Å². The van der Waals surface area contributed by atoms with Crippen LogP contribution in [0.5, 0.6) is 23.0 Å². The van der Waals surface area contributed by atoms with Crippen molar-refractivity contribution in [1.29, 1.82) is 0 Å². The van der Waals surface area contributed by atoms with Crippen LogP contribution in [-0.4, -0.2) is 45.5 Å². The largest absolute Gasteiger partial charge is 0.496 e. The molecule has 0 radical (unpaired) electrons. The second-order valence-electron chi connectivity index (χ2n) is 6.65. The molecular weight excluding hydrogens is 410 g/mol. The summed E-state index contributed by atoms with van der Waals surface area (Å²) in [4.78, 5) is 24.4. The summed E-state index contributed by atoms with van der Waals surface area (Å²) in [5.41, 5.74) is 6.85. The lowest BCUT2D eigenvalue weighted by Crippen LogP contribution is -2.10. The van der Waals surface area contributed by atoms with Crippen molar-refractivity contribution in [2.75, 3.05) is 34.0 Å². The maximum Gasteiger partial charge on any atom is 0.163 e. The van der Waals surface area contributed by atoms with E-state index in [2.05, 4.69) is 0 Å². The SMILES string of the molecule is CCOc1ccc(/C=C/C(=O)CC(=O)/C=C/c2ccc(OCCN)cc2OC)c(OC)c1. The molecule has 0 bridgehead atoms. The van der Waals surface area contributed by atoms with Gasteiger partial charge in [-0.25, -0.2) is 0 Å². The third-order valence-corrected chi connectivity index (χ3v) is 4.35. The topological polar surface area (TPSA) is 97.1 Å². The number of hydrogen-bond acceptors (Lipinski definition) is 7. The van der Waals surface area contributed by atoms with Gasteiger partial charge in [0.25, 0.3) is 0 Å². The third kappa shape index (κ3) is 7.59. The van der Waals surface area contributed by atoms with Crippen LogP contribution in [-0.2, 0) is 9.59 Å². The Kier molecular flexibility index (Phi) is 10.0. The summed E-state index contributed by atoms with van der Waals surface area (Å²) in [5.74, 6) is 1.81. The average Bonchev–Trinajstić information content (AvgIpc) is 2.80. The number of benzene rings is 2. The normalized spacial score (nSPS) is 11.0. The molecule has 0 amide bonds. The van der Waals surface area contributed by atoms with Crippen LogP contribution >= 0.6 is 0 Å². The van der Waals surface area contributed by atoms with Gasteiger partial charge in [0.15, 0.2) is 11.6 Å². The Morgan fingerprint density at radius 3 is 1.78 bits per heavy atom. The lowest BCUT2D eigenvalue weighted by Gasteiger charge is -2.09. The fourth-order valence-corrected chi connectivity index (χ4v) is 2.84. The highest BCUT2D eigenvalue weighted by Gasteiger charge is 2.08. The van der Waals surface area contributed by atoms with E-state index in [0.29, 0.717) is 53.9 Å². The van der Waals surface area contributed by atoms with Gasteiger partial charge in [-0.1, -0.05) is 0 Å². The second-order valence-corrected chi connectivity index (χ2v) is 6.65. The molecule has 7 nitrogen and oxygen atoms in total. The summed E-state index contributed by atoms with van der Waals surface area (Å²) in [5, 5.41) is 0. The van der Waals surface area contributed by atoms with Crippen LogP contribution in [0, 0.1) is 0 Å². The summed E-state index contributed by atoms with van der Waals surface area (Å²) in [6.07, 6.45) is 5.72. The predicted molar refractivity (Wildman–Crippen MR) is 124 cm³/mol. The fourth-order valence-electron chi connectivity index (χ4n) is 2.84. The smallest absolute Gasteiger partial charge is 0.163 e. The number of carbonyl (C=O) groups excluding carboxylic acids is 2.